The molecule has 1 amide bonds. The van der Waals surface area contributed by atoms with E-state index in [1.54, 1.807) is 18.2 Å². The number of nitrogens with one attached hydrogen (secondary N) is 1. The van der Waals surface area contributed by atoms with Gasteiger partial charge in [-0.3, -0.25) is 4.79 Å². The maximum Gasteiger partial charge on any atom is 0.255 e. The lowest BCUT2D eigenvalue weighted by molar-refractivity contribution is 0.102. The largest absolute Gasteiger partial charge is 0.508 e. The van der Waals surface area contributed by atoms with Crippen LogP contribution >= 0.6 is 11.6 Å². The van der Waals surface area contributed by atoms with E-state index in [1.807, 2.05) is 13.8 Å². The van der Waals surface area contributed by atoms with Gasteiger partial charge in [-0.2, -0.15) is 0 Å². The monoisotopic (exact) mass is 349 g/mol. The topological polar surface area (TPSA) is 67.8 Å². The normalized spacial score (nSPS) is 10.3. The SMILES string of the molecule is CCCOc1c(Cl)cc(C(=O)Nc2cccc(O)c2)cc1OCC. The minimum Gasteiger partial charge on any atom is -0.508 e. The highest BCUT2D eigenvalue weighted by Crippen LogP contribution is 2.37. The van der Waals surface area contributed by atoms with Crippen LogP contribution in [0, 0.1) is 0 Å². The number of carbonyl (C=O) groups is 1. The van der Waals surface area contributed by atoms with E-state index in [4.69, 9.17) is 21.1 Å². The van der Waals surface area contributed by atoms with Crippen molar-refractivity contribution >= 4 is 23.2 Å². The van der Waals surface area contributed by atoms with Crippen molar-refractivity contribution in [3.8, 4) is 17.2 Å². The van der Waals surface area contributed by atoms with Gasteiger partial charge in [0.1, 0.15) is 5.75 Å². The zero-order valence-corrected chi connectivity index (χ0v) is 14.4. The van der Waals surface area contributed by atoms with E-state index in [9.17, 15) is 9.90 Å². The van der Waals surface area contributed by atoms with Crippen LogP contribution in [0.4, 0.5) is 5.69 Å². The van der Waals surface area contributed by atoms with Crippen molar-refractivity contribution in [2.75, 3.05) is 18.5 Å². The fraction of sp³-hybridized carbons (Fsp3) is 0.278. The molecule has 0 aromatic heterocycles. The number of rotatable bonds is 7. The third kappa shape index (κ3) is 4.55. The number of amides is 1. The molecule has 0 saturated carbocycles. The number of hydrogen-bond acceptors (Lipinski definition) is 4. The van der Waals surface area contributed by atoms with Crippen LogP contribution in [0.3, 0.4) is 0 Å². The van der Waals surface area contributed by atoms with E-state index in [0.29, 0.717) is 41.0 Å². The van der Waals surface area contributed by atoms with Crippen LogP contribution < -0.4 is 14.8 Å². The summed E-state index contributed by atoms with van der Waals surface area (Å²) in [5, 5.41) is 12.5. The molecule has 2 aromatic rings. The molecule has 6 heteroatoms. The summed E-state index contributed by atoms with van der Waals surface area (Å²) in [6, 6.07) is 9.44. The average molecular weight is 350 g/mol. The minimum atomic E-state index is -0.356. The fourth-order valence-corrected chi connectivity index (χ4v) is 2.36. The molecule has 0 unspecified atom stereocenters. The van der Waals surface area contributed by atoms with E-state index >= 15 is 0 Å². The van der Waals surface area contributed by atoms with Crippen LogP contribution in [0.2, 0.25) is 5.02 Å². The number of ether oxygens (including phenoxy) is 2. The second kappa shape index (κ2) is 8.45. The van der Waals surface area contributed by atoms with Gasteiger partial charge in [-0.25, -0.2) is 0 Å². The van der Waals surface area contributed by atoms with Crippen molar-refractivity contribution in [1.82, 2.24) is 0 Å². The van der Waals surface area contributed by atoms with E-state index in [2.05, 4.69) is 5.32 Å². The van der Waals surface area contributed by atoms with Crippen molar-refractivity contribution in [2.45, 2.75) is 20.3 Å². The number of carbonyl (C=O) groups excluding carboxylic acids is 1. The predicted octanol–water partition coefficient (Wildman–Crippen LogP) is 4.49. The average Bonchev–Trinajstić information content (AvgIpc) is 2.54. The van der Waals surface area contributed by atoms with E-state index in [-0.39, 0.29) is 11.7 Å². The Hall–Kier alpha value is -2.40. The van der Waals surface area contributed by atoms with Gasteiger partial charge in [0, 0.05) is 17.3 Å². The molecule has 0 aliphatic heterocycles. The number of anilines is 1. The Labute approximate surface area is 146 Å². The van der Waals surface area contributed by atoms with Crippen LogP contribution in [0.25, 0.3) is 0 Å². The molecule has 0 spiro atoms. The number of hydrogen-bond donors (Lipinski definition) is 2. The van der Waals surface area contributed by atoms with Gasteiger partial charge in [0.05, 0.1) is 18.2 Å². The number of phenols is 1. The second-order valence-electron chi connectivity index (χ2n) is 5.07. The molecule has 0 aliphatic rings. The Balaban J connectivity index is 2.27. The lowest BCUT2D eigenvalue weighted by atomic mass is 10.1. The van der Waals surface area contributed by atoms with Gasteiger partial charge in [0.25, 0.3) is 5.91 Å². The first-order valence-corrected chi connectivity index (χ1v) is 8.12. The second-order valence-corrected chi connectivity index (χ2v) is 5.48. The summed E-state index contributed by atoms with van der Waals surface area (Å²) < 4.78 is 11.2. The molecular weight excluding hydrogens is 330 g/mol. The van der Waals surface area contributed by atoms with Gasteiger partial charge in [-0.15, -0.1) is 0 Å². The molecule has 0 heterocycles. The summed E-state index contributed by atoms with van der Waals surface area (Å²) >= 11 is 6.25. The quantitative estimate of drug-likeness (QED) is 0.773. The summed E-state index contributed by atoms with van der Waals surface area (Å²) in [6.07, 6.45) is 0.835. The summed E-state index contributed by atoms with van der Waals surface area (Å²) in [5.41, 5.74) is 0.830. The third-order valence-corrected chi connectivity index (χ3v) is 3.41. The van der Waals surface area contributed by atoms with Gasteiger partial charge in [-0.05, 0) is 37.6 Å². The summed E-state index contributed by atoms with van der Waals surface area (Å²) in [4.78, 5) is 12.4. The number of aromatic hydroxyl groups is 1. The molecule has 0 radical (unpaired) electrons. The van der Waals surface area contributed by atoms with Crippen molar-refractivity contribution in [3.63, 3.8) is 0 Å². The molecule has 0 saturated heterocycles. The fourth-order valence-electron chi connectivity index (χ4n) is 2.09. The maximum atomic E-state index is 12.4. The van der Waals surface area contributed by atoms with Crippen molar-refractivity contribution in [3.05, 3.63) is 47.0 Å². The summed E-state index contributed by atoms with van der Waals surface area (Å²) in [7, 11) is 0. The van der Waals surface area contributed by atoms with E-state index in [0.717, 1.165) is 6.42 Å². The first-order chi connectivity index (χ1) is 11.5. The first kappa shape index (κ1) is 17.9. The van der Waals surface area contributed by atoms with Gasteiger partial charge in [0.15, 0.2) is 11.5 Å². The molecule has 0 aliphatic carbocycles. The standard InChI is InChI=1S/C18H20ClNO4/c1-3-8-24-17-15(19)9-12(10-16(17)23-4-2)18(22)20-13-6-5-7-14(21)11-13/h5-7,9-11,21H,3-4,8H2,1-2H3,(H,20,22). The van der Waals surface area contributed by atoms with Crippen LogP contribution in [0.15, 0.2) is 36.4 Å². The Bertz CT molecular complexity index is 718. The summed E-state index contributed by atoms with van der Waals surface area (Å²) in [6.45, 7) is 4.77. The zero-order chi connectivity index (χ0) is 17.5. The number of benzene rings is 2. The van der Waals surface area contributed by atoms with Crippen LogP contribution in [-0.4, -0.2) is 24.2 Å². The highest BCUT2D eigenvalue weighted by molar-refractivity contribution is 6.32. The van der Waals surface area contributed by atoms with E-state index in [1.165, 1.54) is 18.2 Å². The van der Waals surface area contributed by atoms with Crippen LogP contribution in [0.1, 0.15) is 30.6 Å². The highest BCUT2D eigenvalue weighted by atomic mass is 35.5. The van der Waals surface area contributed by atoms with Crippen LogP contribution in [0.5, 0.6) is 17.2 Å². The molecule has 5 nitrogen and oxygen atoms in total. The molecule has 2 aromatic carbocycles. The highest BCUT2D eigenvalue weighted by Gasteiger charge is 2.16. The van der Waals surface area contributed by atoms with Crippen molar-refractivity contribution in [2.24, 2.45) is 0 Å². The predicted molar refractivity (Wildman–Crippen MR) is 94.5 cm³/mol. The van der Waals surface area contributed by atoms with Gasteiger partial charge in [-0.1, -0.05) is 24.6 Å². The van der Waals surface area contributed by atoms with Gasteiger partial charge >= 0.3 is 0 Å². The first-order valence-electron chi connectivity index (χ1n) is 7.74. The molecule has 24 heavy (non-hydrogen) atoms. The van der Waals surface area contributed by atoms with E-state index < -0.39 is 0 Å². The zero-order valence-electron chi connectivity index (χ0n) is 13.6. The molecule has 2 rings (SSSR count). The number of halogens is 1. The lowest BCUT2D eigenvalue weighted by Gasteiger charge is -2.15. The Kier molecular flexibility index (Phi) is 6.32. The van der Waals surface area contributed by atoms with Crippen molar-refractivity contribution in [1.29, 1.82) is 0 Å². The molecule has 2 N–H and O–H groups in total. The van der Waals surface area contributed by atoms with Gasteiger partial charge < -0.3 is 19.9 Å². The Morgan fingerprint density at radius 2 is 2.00 bits per heavy atom. The Morgan fingerprint density at radius 1 is 1.21 bits per heavy atom. The number of phenolic OH excluding ortho intramolecular Hbond substituents is 1. The van der Waals surface area contributed by atoms with Crippen LogP contribution in [-0.2, 0) is 0 Å². The molecular formula is C18H20ClNO4. The van der Waals surface area contributed by atoms with Crippen molar-refractivity contribution < 1.29 is 19.4 Å². The lowest BCUT2D eigenvalue weighted by Crippen LogP contribution is -2.12. The minimum absolute atomic E-state index is 0.0733. The van der Waals surface area contributed by atoms with Gasteiger partial charge in [0.2, 0.25) is 0 Å². The maximum absolute atomic E-state index is 12.4. The summed E-state index contributed by atoms with van der Waals surface area (Å²) in [5.74, 6) is 0.587. The third-order valence-electron chi connectivity index (χ3n) is 3.13. The molecule has 0 fully saturated rings. The molecule has 0 bridgehead atoms. The Morgan fingerprint density at radius 3 is 2.67 bits per heavy atom. The molecule has 128 valence electrons. The smallest absolute Gasteiger partial charge is 0.255 e. The molecule has 0 atom stereocenters.